The Balaban J connectivity index is 2.25. The molecule has 0 aliphatic heterocycles. The number of ether oxygens (including phenoxy) is 1. The average Bonchev–Trinajstić information content (AvgIpc) is 2.49. The molecule has 0 aromatic heterocycles. The van der Waals surface area contributed by atoms with Gasteiger partial charge in [-0.15, -0.1) is 0 Å². The lowest BCUT2D eigenvalue weighted by Crippen LogP contribution is -2.06. The van der Waals surface area contributed by atoms with Crippen LogP contribution in [0.4, 0.5) is 8.78 Å². The van der Waals surface area contributed by atoms with Crippen molar-refractivity contribution in [3.05, 3.63) is 65.2 Å². The zero-order valence-corrected chi connectivity index (χ0v) is 11.5. The van der Waals surface area contributed by atoms with Crippen LogP contribution in [-0.4, -0.2) is 10.9 Å². The summed E-state index contributed by atoms with van der Waals surface area (Å²) in [5.41, 5.74) is 0.908. The maximum absolute atomic E-state index is 13.6. The van der Waals surface area contributed by atoms with Crippen LogP contribution in [-0.2, 0) is 6.61 Å². The van der Waals surface area contributed by atoms with E-state index in [4.69, 9.17) is 9.94 Å². The van der Waals surface area contributed by atoms with Crippen LogP contribution < -0.4 is 4.74 Å². The van der Waals surface area contributed by atoms with Crippen LogP contribution in [0.25, 0.3) is 0 Å². The second-order valence-corrected chi connectivity index (χ2v) is 4.39. The smallest absolute Gasteiger partial charge is 0.132 e. The molecule has 0 radical (unpaired) electrons. The fraction of sp³-hybridized carbons (Fsp3) is 0.188. The van der Waals surface area contributed by atoms with Crippen LogP contribution >= 0.6 is 0 Å². The SMILES string of the molecule is CC/C(=N/O)c1ccccc1OCc1c(F)cccc1F. The van der Waals surface area contributed by atoms with Crippen molar-refractivity contribution in [1.29, 1.82) is 0 Å². The van der Waals surface area contributed by atoms with E-state index in [1.165, 1.54) is 18.2 Å². The first kappa shape index (κ1) is 15.0. The highest BCUT2D eigenvalue weighted by Crippen LogP contribution is 2.22. The minimum atomic E-state index is -0.654. The predicted molar refractivity (Wildman–Crippen MR) is 75.7 cm³/mol. The molecule has 0 aliphatic rings. The minimum absolute atomic E-state index is 0.133. The lowest BCUT2D eigenvalue weighted by molar-refractivity contribution is 0.290. The number of para-hydroxylation sites is 1. The number of benzene rings is 2. The molecule has 21 heavy (non-hydrogen) atoms. The molecule has 0 spiro atoms. The van der Waals surface area contributed by atoms with Crippen molar-refractivity contribution in [3.63, 3.8) is 0 Å². The molecule has 0 saturated carbocycles. The summed E-state index contributed by atoms with van der Waals surface area (Å²) in [6.45, 7) is 1.60. The van der Waals surface area contributed by atoms with Crippen molar-refractivity contribution in [2.24, 2.45) is 5.16 Å². The van der Waals surface area contributed by atoms with Crippen molar-refractivity contribution in [2.75, 3.05) is 0 Å². The summed E-state index contributed by atoms with van der Waals surface area (Å²) in [5.74, 6) is -0.896. The molecule has 0 atom stereocenters. The summed E-state index contributed by atoms with van der Waals surface area (Å²) >= 11 is 0. The van der Waals surface area contributed by atoms with Crippen LogP contribution in [0.1, 0.15) is 24.5 Å². The number of rotatable bonds is 5. The molecule has 2 aromatic rings. The van der Waals surface area contributed by atoms with E-state index in [1.54, 1.807) is 24.3 Å². The molecule has 0 bridgehead atoms. The molecule has 2 rings (SSSR count). The average molecular weight is 291 g/mol. The Kier molecular flexibility index (Phi) is 4.87. The monoisotopic (exact) mass is 291 g/mol. The van der Waals surface area contributed by atoms with E-state index in [-0.39, 0.29) is 12.2 Å². The predicted octanol–water partition coefficient (Wildman–Crippen LogP) is 4.13. The molecule has 3 nitrogen and oxygen atoms in total. The maximum atomic E-state index is 13.6. The molecule has 0 amide bonds. The molecule has 0 fully saturated rings. The van der Waals surface area contributed by atoms with E-state index in [2.05, 4.69) is 5.16 Å². The number of nitrogens with zero attached hydrogens (tertiary/aromatic N) is 1. The minimum Gasteiger partial charge on any atom is -0.488 e. The van der Waals surface area contributed by atoms with Crippen molar-refractivity contribution in [1.82, 2.24) is 0 Å². The first-order chi connectivity index (χ1) is 10.2. The molecule has 0 saturated heterocycles. The molecule has 1 N–H and O–H groups in total. The van der Waals surface area contributed by atoms with Gasteiger partial charge in [0.2, 0.25) is 0 Å². The Morgan fingerprint density at radius 2 is 1.76 bits per heavy atom. The first-order valence-corrected chi connectivity index (χ1v) is 6.53. The quantitative estimate of drug-likeness (QED) is 0.511. The number of halogens is 2. The molecule has 2 aromatic carbocycles. The molecule has 0 aliphatic carbocycles. The summed E-state index contributed by atoms with van der Waals surface area (Å²) in [7, 11) is 0. The van der Waals surface area contributed by atoms with Crippen molar-refractivity contribution in [3.8, 4) is 5.75 Å². The van der Waals surface area contributed by atoms with E-state index in [0.717, 1.165) is 0 Å². The second kappa shape index (κ2) is 6.83. The molecule has 110 valence electrons. The lowest BCUT2D eigenvalue weighted by atomic mass is 10.1. The molecule has 0 heterocycles. The van der Waals surface area contributed by atoms with E-state index in [1.807, 2.05) is 6.92 Å². The molecule has 5 heteroatoms. The Labute approximate surface area is 121 Å². The second-order valence-electron chi connectivity index (χ2n) is 4.39. The van der Waals surface area contributed by atoms with Crippen LogP contribution in [0, 0.1) is 11.6 Å². The third-order valence-electron chi connectivity index (χ3n) is 3.09. The van der Waals surface area contributed by atoms with Gasteiger partial charge in [-0.05, 0) is 30.7 Å². The zero-order valence-electron chi connectivity index (χ0n) is 11.5. The standard InChI is InChI=1S/C16H15F2NO2/c1-2-15(19-20)11-6-3-4-9-16(11)21-10-12-13(17)7-5-8-14(12)18/h3-9,20H,2,10H2,1H3/b19-15-. The highest BCUT2D eigenvalue weighted by Gasteiger charge is 2.12. The Morgan fingerprint density at radius 3 is 2.38 bits per heavy atom. The van der Waals surface area contributed by atoms with Crippen molar-refractivity contribution in [2.45, 2.75) is 20.0 Å². The van der Waals surface area contributed by atoms with Crippen molar-refractivity contribution >= 4 is 5.71 Å². The topological polar surface area (TPSA) is 41.8 Å². The van der Waals surface area contributed by atoms with Gasteiger partial charge in [-0.3, -0.25) is 0 Å². The molecular weight excluding hydrogens is 276 g/mol. The van der Waals surface area contributed by atoms with Gasteiger partial charge < -0.3 is 9.94 Å². The lowest BCUT2D eigenvalue weighted by Gasteiger charge is -2.12. The van der Waals surface area contributed by atoms with Gasteiger partial charge in [-0.1, -0.05) is 30.3 Å². The van der Waals surface area contributed by atoms with Crippen molar-refractivity contribution < 1.29 is 18.7 Å². The third-order valence-corrected chi connectivity index (χ3v) is 3.09. The van der Waals surface area contributed by atoms with Crippen LogP contribution in [0.5, 0.6) is 5.75 Å². The summed E-state index contributed by atoms with van der Waals surface area (Å²) < 4.78 is 32.6. The van der Waals surface area contributed by atoms with Gasteiger partial charge in [0.25, 0.3) is 0 Å². The fourth-order valence-electron chi connectivity index (χ4n) is 1.97. The third kappa shape index (κ3) is 3.37. The van der Waals surface area contributed by atoms with E-state index >= 15 is 0 Å². The van der Waals surface area contributed by atoms with Gasteiger partial charge >= 0.3 is 0 Å². The van der Waals surface area contributed by atoms with Gasteiger partial charge in [0, 0.05) is 5.56 Å². The zero-order chi connectivity index (χ0) is 15.2. The first-order valence-electron chi connectivity index (χ1n) is 6.53. The van der Waals surface area contributed by atoms with E-state index < -0.39 is 11.6 Å². The van der Waals surface area contributed by atoms with Gasteiger partial charge in [0.15, 0.2) is 0 Å². The summed E-state index contributed by atoms with van der Waals surface area (Å²) in [6, 6.07) is 10.6. The number of hydrogen-bond acceptors (Lipinski definition) is 3. The number of oxime groups is 1. The maximum Gasteiger partial charge on any atom is 0.132 e. The van der Waals surface area contributed by atoms with E-state index in [9.17, 15) is 8.78 Å². The highest BCUT2D eigenvalue weighted by atomic mass is 19.1. The van der Waals surface area contributed by atoms with E-state index in [0.29, 0.717) is 23.4 Å². The Bertz CT molecular complexity index is 636. The van der Waals surface area contributed by atoms with Gasteiger partial charge in [-0.25, -0.2) is 8.78 Å². The number of hydrogen-bond donors (Lipinski definition) is 1. The summed E-state index contributed by atoms with van der Waals surface area (Å²) in [6.07, 6.45) is 0.505. The molecular formula is C16H15F2NO2. The largest absolute Gasteiger partial charge is 0.488 e. The Morgan fingerprint density at radius 1 is 1.10 bits per heavy atom. The molecule has 0 unspecified atom stereocenters. The van der Waals surface area contributed by atoms with Crippen LogP contribution in [0.2, 0.25) is 0 Å². The highest BCUT2D eigenvalue weighted by molar-refractivity contribution is 6.02. The van der Waals surface area contributed by atoms with Gasteiger partial charge in [-0.2, -0.15) is 0 Å². The van der Waals surface area contributed by atoms with Gasteiger partial charge in [0.1, 0.15) is 24.0 Å². The summed E-state index contributed by atoms with van der Waals surface area (Å²) in [5, 5.41) is 12.2. The van der Waals surface area contributed by atoms with Crippen LogP contribution in [0.15, 0.2) is 47.6 Å². The normalized spacial score (nSPS) is 11.5. The Hall–Kier alpha value is -2.43. The van der Waals surface area contributed by atoms with Gasteiger partial charge in [0.05, 0.1) is 11.3 Å². The van der Waals surface area contributed by atoms with Crippen LogP contribution in [0.3, 0.4) is 0 Å². The summed E-state index contributed by atoms with van der Waals surface area (Å²) in [4.78, 5) is 0. The fourth-order valence-corrected chi connectivity index (χ4v) is 1.97.